The third-order valence-electron chi connectivity index (χ3n) is 3.62. The predicted octanol–water partition coefficient (Wildman–Crippen LogP) is 2.22. The first-order chi connectivity index (χ1) is 12.3. The number of carbonyl (C=O) groups excluding carboxylic acids is 2. The van der Waals surface area contributed by atoms with Crippen molar-refractivity contribution in [3.05, 3.63) is 51.4 Å². The van der Waals surface area contributed by atoms with Crippen LogP contribution in [0.2, 0.25) is 0 Å². The minimum atomic E-state index is -0.493. The Morgan fingerprint density at radius 2 is 2.04 bits per heavy atom. The number of aromatic nitrogens is 2. The predicted molar refractivity (Wildman–Crippen MR) is 100 cm³/mol. The first kappa shape index (κ1) is 19.7. The van der Waals surface area contributed by atoms with Gasteiger partial charge in [-0.1, -0.05) is 29.5 Å². The number of thioether (sulfide) groups is 1. The van der Waals surface area contributed by atoms with E-state index in [1.165, 1.54) is 13.2 Å². The summed E-state index contributed by atoms with van der Waals surface area (Å²) in [5, 5.41) is 2.66. The number of rotatable bonds is 6. The average molecular weight is 375 g/mol. The number of methoxy groups -OCH3 is 1. The monoisotopic (exact) mass is 375 g/mol. The minimum Gasteiger partial charge on any atom is -0.469 e. The van der Waals surface area contributed by atoms with Gasteiger partial charge in [-0.3, -0.25) is 14.4 Å². The summed E-state index contributed by atoms with van der Waals surface area (Å²) >= 11 is 1.11. The Morgan fingerprint density at radius 1 is 1.31 bits per heavy atom. The molecule has 0 saturated heterocycles. The van der Waals surface area contributed by atoms with Crippen molar-refractivity contribution in [1.29, 1.82) is 0 Å². The van der Waals surface area contributed by atoms with Gasteiger partial charge in [-0.25, -0.2) is 4.98 Å². The van der Waals surface area contributed by atoms with Gasteiger partial charge in [0.05, 0.1) is 24.5 Å². The van der Waals surface area contributed by atoms with Gasteiger partial charge in [0.2, 0.25) is 5.91 Å². The summed E-state index contributed by atoms with van der Waals surface area (Å²) in [4.78, 5) is 42.3. The van der Waals surface area contributed by atoms with Gasteiger partial charge < -0.3 is 15.0 Å². The topological polar surface area (TPSA) is 101 Å². The molecule has 26 heavy (non-hydrogen) atoms. The molecule has 0 saturated carbocycles. The molecule has 0 bridgehead atoms. The summed E-state index contributed by atoms with van der Waals surface area (Å²) in [5.74, 6) is -0.692. The largest absolute Gasteiger partial charge is 0.469 e. The van der Waals surface area contributed by atoms with Crippen molar-refractivity contribution in [3.63, 3.8) is 0 Å². The molecule has 8 heteroatoms. The molecule has 0 radical (unpaired) electrons. The van der Waals surface area contributed by atoms with Crippen LogP contribution in [0.3, 0.4) is 0 Å². The molecule has 0 aliphatic heterocycles. The minimum absolute atomic E-state index is 0.100. The summed E-state index contributed by atoms with van der Waals surface area (Å²) in [6.07, 6.45) is -0.100. The maximum absolute atomic E-state index is 12.4. The van der Waals surface area contributed by atoms with Crippen LogP contribution in [0.15, 0.2) is 34.2 Å². The molecule has 0 aliphatic rings. The first-order valence-electron chi connectivity index (χ1n) is 8.00. The van der Waals surface area contributed by atoms with Gasteiger partial charge in [0.25, 0.3) is 5.56 Å². The number of esters is 1. The highest BCUT2D eigenvalue weighted by Crippen LogP contribution is 2.22. The van der Waals surface area contributed by atoms with Gasteiger partial charge in [0.1, 0.15) is 0 Å². The van der Waals surface area contributed by atoms with E-state index in [4.69, 9.17) is 0 Å². The lowest BCUT2D eigenvalue weighted by Gasteiger charge is -2.13. The van der Waals surface area contributed by atoms with Crippen LogP contribution >= 0.6 is 11.8 Å². The van der Waals surface area contributed by atoms with Gasteiger partial charge in [-0.2, -0.15) is 0 Å². The molecule has 7 nitrogen and oxygen atoms in total. The Bertz CT molecular complexity index is 879. The SMILES string of the molecule is COC(=O)Cc1cc(=O)[nH]c(S[C@H](C)C(=O)Nc2ccc(C)cc2C)n1. The van der Waals surface area contributed by atoms with Crippen molar-refractivity contribution in [2.75, 3.05) is 12.4 Å². The van der Waals surface area contributed by atoms with Crippen molar-refractivity contribution in [2.45, 2.75) is 37.6 Å². The molecule has 1 heterocycles. The van der Waals surface area contributed by atoms with E-state index >= 15 is 0 Å². The molecule has 1 atom stereocenters. The number of H-pyrrole nitrogens is 1. The van der Waals surface area contributed by atoms with Crippen LogP contribution in [0, 0.1) is 13.8 Å². The van der Waals surface area contributed by atoms with E-state index in [2.05, 4.69) is 20.0 Å². The van der Waals surface area contributed by atoms with Crippen LogP contribution in [-0.4, -0.2) is 34.2 Å². The lowest BCUT2D eigenvalue weighted by molar-refractivity contribution is -0.139. The van der Waals surface area contributed by atoms with E-state index in [0.717, 1.165) is 28.6 Å². The normalized spacial score (nSPS) is 11.7. The Hall–Kier alpha value is -2.61. The number of aryl methyl sites for hydroxylation is 2. The Morgan fingerprint density at radius 3 is 2.69 bits per heavy atom. The highest BCUT2D eigenvalue weighted by molar-refractivity contribution is 8.00. The number of nitrogens with one attached hydrogen (secondary N) is 2. The number of hydrogen-bond donors (Lipinski definition) is 2. The number of aromatic amines is 1. The van der Waals surface area contributed by atoms with E-state index in [0.29, 0.717) is 5.69 Å². The number of anilines is 1. The molecule has 138 valence electrons. The second kappa shape index (κ2) is 8.66. The number of ether oxygens (including phenoxy) is 1. The highest BCUT2D eigenvalue weighted by Gasteiger charge is 2.17. The quantitative estimate of drug-likeness (QED) is 0.456. The van der Waals surface area contributed by atoms with Crippen LogP contribution in [0.1, 0.15) is 23.7 Å². The smallest absolute Gasteiger partial charge is 0.311 e. The van der Waals surface area contributed by atoms with E-state index in [9.17, 15) is 14.4 Å². The fourth-order valence-electron chi connectivity index (χ4n) is 2.26. The Balaban J connectivity index is 2.08. The molecule has 2 rings (SSSR count). The summed E-state index contributed by atoms with van der Waals surface area (Å²) in [7, 11) is 1.27. The Kier molecular flexibility index (Phi) is 6.57. The molecule has 0 aliphatic carbocycles. The highest BCUT2D eigenvalue weighted by atomic mass is 32.2. The maximum atomic E-state index is 12.4. The molecule has 2 aromatic rings. The van der Waals surface area contributed by atoms with Gasteiger partial charge in [0.15, 0.2) is 5.16 Å². The molecular formula is C18H21N3O4S. The van der Waals surface area contributed by atoms with Crippen LogP contribution in [-0.2, 0) is 20.7 Å². The second-order valence-electron chi connectivity index (χ2n) is 5.86. The van der Waals surface area contributed by atoms with Crippen LogP contribution in [0.4, 0.5) is 5.69 Å². The van der Waals surface area contributed by atoms with E-state index < -0.39 is 11.2 Å². The summed E-state index contributed by atoms with van der Waals surface area (Å²) in [5.41, 5.74) is 2.75. The van der Waals surface area contributed by atoms with Crippen molar-refractivity contribution in [3.8, 4) is 0 Å². The molecule has 0 fully saturated rings. The molecular weight excluding hydrogens is 354 g/mol. The summed E-state index contributed by atoms with van der Waals surface area (Å²) < 4.78 is 4.58. The van der Waals surface area contributed by atoms with Gasteiger partial charge in [-0.05, 0) is 32.4 Å². The van der Waals surface area contributed by atoms with E-state index in [1.54, 1.807) is 6.92 Å². The van der Waals surface area contributed by atoms with Crippen molar-refractivity contribution in [1.82, 2.24) is 9.97 Å². The lowest BCUT2D eigenvalue weighted by atomic mass is 10.1. The van der Waals surface area contributed by atoms with Gasteiger partial charge >= 0.3 is 5.97 Å². The average Bonchev–Trinajstić information content (AvgIpc) is 2.56. The molecule has 1 aromatic heterocycles. The van der Waals surface area contributed by atoms with Crippen LogP contribution in [0.5, 0.6) is 0 Å². The molecule has 0 unspecified atom stereocenters. The van der Waals surface area contributed by atoms with Crippen molar-refractivity contribution in [2.24, 2.45) is 0 Å². The fourth-order valence-corrected chi connectivity index (χ4v) is 3.09. The third kappa shape index (κ3) is 5.45. The van der Waals surface area contributed by atoms with Crippen LogP contribution in [0.25, 0.3) is 0 Å². The fraction of sp³-hybridized carbons (Fsp3) is 0.333. The van der Waals surface area contributed by atoms with Crippen LogP contribution < -0.4 is 10.9 Å². The third-order valence-corrected chi connectivity index (χ3v) is 4.61. The zero-order valence-corrected chi connectivity index (χ0v) is 15.9. The number of carbonyl (C=O) groups is 2. The molecule has 0 spiro atoms. The van der Waals surface area contributed by atoms with E-state index in [1.807, 2.05) is 32.0 Å². The second-order valence-corrected chi connectivity index (χ2v) is 7.19. The zero-order chi connectivity index (χ0) is 19.3. The van der Waals surface area contributed by atoms with Crippen molar-refractivity contribution < 1.29 is 14.3 Å². The van der Waals surface area contributed by atoms with Gasteiger partial charge in [0, 0.05) is 11.8 Å². The Labute approximate surface area is 155 Å². The standard InChI is InChI=1S/C18H21N3O4S/c1-10-5-6-14(11(2)7-10)20-17(24)12(3)26-18-19-13(8-15(22)21-18)9-16(23)25-4/h5-8,12H,9H2,1-4H3,(H,20,24)(H,19,21,22)/t12-/m1/s1. The number of nitrogens with zero attached hydrogens (tertiary/aromatic N) is 1. The van der Waals surface area contributed by atoms with Crippen molar-refractivity contribution >= 4 is 29.3 Å². The zero-order valence-electron chi connectivity index (χ0n) is 15.1. The first-order valence-corrected chi connectivity index (χ1v) is 8.88. The molecule has 1 aromatic carbocycles. The van der Waals surface area contributed by atoms with E-state index in [-0.39, 0.29) is 23.0 Å². The number of benzene rings is 1. The molecule has 2 N–H and O–H groups in total. The number of amides is 1. The maximum Gasteiger partial charge on any atom is 0.311 e. The summed E-state index contributed by atoms with van der Waals surface area (Å²) in [6.45, 7) is 5.63. The van der Waals surface area contributed by atoms with Gasteiger partial charge in [-0.15, -0.1) is 0 Å². The summed E-state index contributed by atoms with van der Waals surface area (Å²) in [6, 6.07) is 7.01. The lowest BCUT2D eigenvalue weighted by Crippen LogP contribution is -2.24. The molecule has 1 amide bonds. The number of hydrogen-bond acceptors (Lipinski definition) is 6.